The molecule has 12 heteroatoms. The summed E-state index contributed by atoms with van der Waals surface area (Å²) in [5, 5.41) is 25.7. The molecule has 0 fully saturated rings. The van der Waals surface area contributed by atoms with Crippen molar-refractivity contribution in [2.24, 2.45) is 5.16 Å². The van der Waals surface area contributed by atoms with Gasteiger partial charge in [0.1, 0.15) is 41.4 Å². The molecule has 210 valence electrons. The number of aliphatic hydroxyl groups is 2. The molecule has 0 amide bonds. The minimum atomic E-state index is -1.51. The van der Waals surface area contributed by atoms with E-state index in [9.17, 15) is 28.6 Å². The first-order chi connectivity index (χ1) is 18.5. The number of hydrogen-bond donors (Lipinski definition) is 2. The highest BCUT2D eigenvalue weighted by Crippen LogP contribution is 2.28. The molecule has 2 unspecified atom stereocenters. The van der Waals surface area contributed by atoms with Gasteiger partial charge < -0.3 is 24.5 Å². The van der Waals surface area contributed by atoms with Crippen molar-refractivity contribution in [3.63, 3.8) is 0 Å². The number of oxime groups is 1. The van der Waals surface area contributed by atoms with Crippen LogP contribution in [0.5, 0.6) is 11.5 Å². The fourth-order valence-corrected chi connectivity index (χ4v) is 3.91. The molecule has 39 heavy (non-hydrogen) atoms. The van der Waals surface area contributed by atoms with Gasteiger partial charge in [0.15, 0.2) is 0 Å². The Bertz CT molecular complexity index is 1470. The molecule has 3 rings (SSSR count). The molecule has 0 aliphatic heterocycles. The molecule has 1 heterocycles. The zero-order chi connectivity index (χ0) is 28.9. The summed E-state index contributed by atoms with van der Waals surface area (Å²) in [7, 11) is 2.68. The third-order valence-corrected chi connectivity index (χ3v) is 5.85. The lowest BCUT2D eigenvalue weighted by atomic mass is 10.1. The zero-order valence-corrected chi connectivity index (χ0v) is 22.2. The van der Waals surface area contributed by atoms with E-state index in [0.29, 0.717) is 0 Å². The second-order valence-corrected chi connectivity index (χ2v) is 9.03. The standard InChI is InChI=1S/C27H31F2N3O7/c1-15(2)39-30-16(3)21-12-31(13-22(33)19-10-17(28)6-8-24(19)37-4)27(36)32(26(21)35)14-23(34)20-11-18(29)7-9-25(20)38-5/h6-12,15,22-23,33-34H,13-14H2,1-5H3/b30-16+. The molecule has 3 aromatic rings. The summed E-state index contributed by atoms with van der Waals surface area (Å²) >= 11 is 0. The number of methoxy groups -OCH3 is 2. The molecule has 10 nitrogen and oxygen atoms in total. The summed E-state index contributed by atoms with van der Waals surface area (Å²) in [6.07, 6.45) is -2.02. The molecule has 2 atom stereocenters. The first-order valence-corrected chi connectivity index (χ1v) is 12.0. The van der Waals surface area contributed by atoms with Crippen molar-refractivity contribution in [2.45, 2.75) is 52.2 Å². The van der Waals surface area contributed by atoms with Crippen molar-refractivity contribution in [1.29, 1.82) is 0 Å². The van der Waals surface area contributed by atoms with Gasteiger partial charge in [-0.2, -0.15) is 0 Å². The molecular weight excluding hydrogens is 516 g/mol. The molecule has 2 aromatic carbocycles. The summed E-state index contributed by atoms with van der Waals surface area (Å²) in [5.41, 5.74) is -1.48. The zero-order valence-electron chi connectivity index (χ0n) is 22.2. The van der Waals surface area contributed by atoms with Gasteiger partial charge in [-0.25, -0.2) is 13.6 Å². The van der Waals surface area contributed by atoms with Gasteiger partial charge in [0.25, 0.3) is 5.56 Å². The maximum absolute atomic E-state index is 13.9. The van der Waals surface area contributed by atoms with Crippen LogP contribution in [0.1, 0.15) is 49.7 Å². The minimum Gasteiger partial charge on any atom is -0.496 e. The van der Waals surface area contributed by atoms with Crippen LogP contribution in [0.25, 0.3) is 0 Å². The Morgan fingerprint density at radius 1 is 0.923 bits per heavy atom. The lowest BCUT2D eigenvalue weighted by Gasteiger charge is -2.20. The van der Waals surface area contributed by atoms with Crippen LogP contribution in [-0.2, 0) is 17.9 Å². The monoisotopic (exact) mass is 547 g/mol. The van der Waals surface area contributed by atoms with Crippen molar-refractivity contribution in [1.82, 2.24) is 9.13 Å². The first-order valence-electron chi connectivity index (χ1n) is 12.0. The van der Waals surface area contributed by atoms with Gasteiger partial charge in [-0.1, -0.05) is 5.16 Å². The summed E-state index contributed by atoms with van der Waals surface area (Å²) in [6.45, 7) is 4.01. The number of halogens is 2. The Hall–Kier alpha value is -4.03. The van der Waals surface area contributed by atoms with E-state index in [4.69, 9.17) is 14.3 Å². The highest BCUT2D eigenvalue weighted by molar-refractivity contribution is 5.97. The van der Waals surface area contributed by atoms with Crippen LogP contribution in [0.2, 0.25) is 0 Å². The molecule has 0 aliphatic rings. The summed E-state index contributed by atoms with van der Waals surface area (Å²) < 4.78 is 40.0. The molecular formula is C27H31F2N3O7. The molecule has 0 bridgehead atoms. The number of hydrogen-bond acceptors (Lipinski definition) is 8. The van der Waals surface area contributed by atoms with Crippen molar-refractivity contribution >= 4 is 5.71 Å². The molecule has 0 aliphatic carbocycles. The van der Waals surface area contributed by atoms with E-state index in [0.717, 1.165) is 33.4 Å². The molecule has 1 aromatic heterocycles. The molecule has 0 spiro atoms. The van der Waals surface area contributed by atoms with Gasteiger partial charge in [0.05, 0.1) is 38.6 Å². The lowest BCUT2D eigenvalue weighted by molar-refractivity contribution is 0.0859. The van der Waals surface area contributed by atoms with Crippen molar-refractivity contribution < 1.29 is 33.3 Å². The van der Waals surface area contributed by atoms with Gasteiger partial charge >= 0.3 is 5.69 Å². The maximum atomic E-state index is 13.9. The van der Waals surface area contributed by atoms with E-state index in [1.165, 1.54) is 39.5 Å². The molecule has 0 saturated heterocycles. The number of nitrogens with zero attached hydrogens (tertiary/aromatic N) is 3. The largest absolute Gasteiger partial charge is 0.496 e. The maximum Gasteiger partial charge on any atom is 0.331 e. The highest BCUT2D eigenvalue weighted by atomic mass is 19.1. The predicted molar refractivity (Wildman–Crippen MR) is 139 cm³/mol. The van der Waals surface area contributed by atoms with Crippen LogP contribution in [0.3, 0.4) is 0 Å². The van der Waals surface area contributed by atoms with Gasteiger partial charge in [0.2, 0.25) is 0 Å². The molecule has 0 radical (unpaired) electrons. The van der Waals surface area contributed by atoms with E-state index in [1.54, 1.807) is 13.8 Å². The quantitative estimate of drug-likeness (QED) is 0.279. The van der Waals surface area contributed by atoms with Crippen molar-refractivity contribution in [3.8, 4) is 11.5 Å². The van der Waals surface area contributed by atoms with E-state index in [1.807, 2.05) is 0 Å². The number of benzene rings is 2. The Morgan fingerprint density at radius 2 is 1.44 bits per heavy atom. The molecule has 2 N–H and O–H groups in total. The highest BCUT2D eigenvalue weighted by Gasteiger charge is 2.23. The Morgan fingerprint density at radius 3 is 1.92 bits per heavy atom. The topological polar surface area (TPSA) is 125 Å². The van der Waals surface area contributed by atoms with Gasteiger partial charge in [-0.3, -0.25) is 13.9 Å². The number of aromatic nitrogens is 2. The average Bonchev–Trinajstić information content (AvgIpc) is 2.90. The second kappa shape index (κ2) is 12.7. The van der Waals surface area contributed by atoms with E-state index >= 15 is 0 Å². The third-order valence-electron chi connectivity index (χ3n) is 5.85. The van der Waals surface area contributed by atoms with E-state index in [2.05, 4.69) is 5.16 Å². The van der Waals surface area contributed by atoms with Crippen molar-refractivity contribution in [3.05, 3.63) is 91.8 Å². The average molecular weight is 548 g/mol. The normalized spacial score (nSPS) is 13.3. The van der Waals surface area contributed by atoms with Gasteiger partial charge in [-0.05, 0) is 57.2 Å². The lowest BCUT2D eigenvalue weighted by Crippen LogP contribution is -2.44. The van der Waals surface area contributed by atoms with Crippen LogP contribution in [0.15, 0.2) is 57.3 Å². The van der Waals surface area contributed by atoms with E-state index < -0.39 is 48.2 Å². The van der Waals surface area contributed by atoms with Gasteiger partial charge in [-0.15, -0.1) is 0 Å². The summed E-state index contributed by atoms with van der Waals surface area (Å²) in [5.74, 6) is -0.916. The fraction of sp³-hybridized carbons (Fsp3) is 0.370. The smallest absolute Gasteiger partial charge is 0.331 e. The number of rotatable bonds is 11. The van der Waals surface area contributed by atoms with Crippen LogP contribution in [0.4, 0.5) is 8.78 Å². The van der Waals surface area contributed by atoms with Crippen molar-refractivity contribution in [2.75, 3.05) is 14.2 Å². The third kappa shape index (κ3) is 6.89. The van der Waals surface area contributed by atoms with Crippen LogP contribution in [0, 0.1) is 11.6 Å². The van der Waals surface area contributed by atoms with Crippen LogP contribution < -0.4 is 20.7 Å². The SMILES string of the molecule is COc1ccc(F)cc1C(O)Cn1cc(/C(C)=N/OC(C)C)c(=O)n(CC(O)c2cc(F)ccc2OC)c1=O. The number of ether oxygens (including phenoxy) is 2. The predicted octanol–water partition coefficient (Wildman–Crippen LogP) is 2.92. The summed E-state index contributed by atoms with van der Waals surface area (Å²) in [6, 6.07) is 7.08. The Labute approximate surface area is 223 Å². The fourth-order valence-electron chi connectivity index (χ4n) is 3.91. The Kier molecular flexibility index (Phi) is 9.60. The molecule has 0 saturated carbocycles. The Balaban J connectivity index is 2.13. The van der Waals surface area contributed by atoms with Crippen LogP contribution in [-0.4, -0.2) is 45.4 Å². The van der Waals surface area contributed by atoms with Gasteiger partial charge in [0, 0.05) is 17.3 Å². The van der Waals surface area contributed by atoms with Crippen LogP contribution >= 0.6 is 0 Å². The number of aliphatic hydroxyl groups excluding tert-OH is 2. The minimum absolute atomic E-state index is 0.0267. The van der Waals surface area contributed by atoms with E-state index in [-0.39, 0.29) is 40.0 Å². The first kappa shape index (κ1) is 29.5. The second-order valence-electron chi connectivity index (χ2n) is 9.03. The summed E-state index contributed by atoms with van der Waals surface area (Å²) in [4.78, 5) is 32.1.